The first-order valence-electron chi connectivity index (χ1n) is 26.5. The molecule has 0 saturated carbocycles. The molecule has 10 nitrogen and oxygen atoms in total. The van der Waals surface area contributed by atoms with Crippen molar-refractivity contribution in [3.8, 4) is 0 Å². The molecule has 0 aliphatic heterocycles. The summed E-state index contributed by atoms with van der Waals surface area (Å²) in [4.78, 5) is 37.8. The number of hydrogen-bond donors (Lipinski definition) is 3. The molecule has 0 bridgehead atoms. The molecule has 0 rings (SSSR count). The Hall–Kier alpha value is -2.23. The van der Waals surface area contributed by atoms with Gasteiger partial charge in [-0.2, -0.15) is 0 Å². The predicted molar refractivity (Wildman–Crippen MR) is 260 cm³/mol. The van der Waals surface area contributed by atoms with Gasteiger partial charge in [-0.15, -0.1) is 0 Å². The fraction of sp³-hybridized carbons (Fsp3) is 0.942. The van der Waals surface area contributed by atoms with Gasteiger partial charge >= 0.3 is 18.3 Å². The van der Waals surface area contributed by atoms with Gasteiger partial charge in [-0.25, -0.2) is 14.4 Å². The molecule has 368 valence electrons. The molecule has 0 aromatic rings. The number of nitrogens with one attached hydrogen (secondary N) is 3. The van der Waals surface area contributed by atoms with Crippen LogP contribution in [0.25, 0.3) is 0 Å². The molecule has 10 heteroatoms. The van der Waals surface area contributed by atoms with Gasteiger partial charge in [0.25, 0.3) is 0 Å². The third-order valence-corrected chi connectivity index (χ3v) is 12.2. The molecule has 62 heavy (non-hydrogen) atoms. The van der Waals surface area contributed by atoms with Crippen LogP contribution < -0.4 is 16.0 Å². The molecular weight excluding hydrogens is 779 g/mol. The molecule has 0 fully saturated rings. The molecule has 2 atom stereocenters. The monoisotopic (exact) mass is 882 g/mol. The highest BCUT2D eigenvalue weighted by Crippen LogP contribution is 2.22. The molecule has 0 aliphatic rings. The summed E-state index contributed by atoms with van der Waals surface area (Å²) in [7, 11) is 0. The average Bonchev–Trinajstić information content (AvgIpc) is 3.25. The summed E-state index contributed by atoms with van der Waals surface area (Å²) in [6, 6.07) is 0. The molecule has 0 spiro atoms. The van der Waals surface area contributed by atoms with Gasteiger partial charge in [0, 0.05) is 26.2 Å². The van der Waals surface area contributed by atoms with Crippen LogP contribution in [0.4, 0.5) is 14.4 Å². The second kappa shape index (κ2) is 45.3. The molecule has 0 aromatic carbocycles. The second-order valence-corrected chi connectivity index (χ2v) is 18.8. The summed E-state index contributed by atoms with van der Waals surface area (Å²) >= 11 is 0. The maximum atomic E-state index is 12.7. The minimum atomic E-state index is -0.934. The Morgan fingerprint density at radius 3 is 1.11 bits per heavy atom. The number of unbranched alkanes of at least 4 members (excludes halogenated alkanes) is 28. The molecule has 0 saturated heterocycles. The topological polar surface area (TPSA) is 124 Å². The summed E-state index contributed by atoms with van der Waals surface area (Å²) in [5, 5.41) is 8.42. The lowest BCUT2D eigenvalue weighted by molar-refractivity contribution is -0.0453. The Bertz CT molecular complexity index is 999. The van der Waals surface area contributed by atoms with E-state index in [2.05, 4.69) is 57.5 Å². The third kappa shape index (κ3) is 43.0. The van der Waals surface area contributed by atoms with Gasteiger partial charge in [-0.05, 0) is 51.4 Å². The van der Waals surface area contributed by atoms with Gasteiger partial charge < -0.3 is 34.9 Å². The molecule has 3 amide bonds. The van der Waals surface area contributed by atoms with Crippen molar-refractivity contribution in [2.45, 2.75) is 272 Å². The van der Waals surface area contributed by atoms with Crippen LogP contribution in [0.2, 0.25) is 0 Å². The van der Waals surface area contributed by atoms with Crippen molar-refractivity contribution in [3.05, 3.63) is 0 Å². The van der Waals surface area contributed by atoms with E-state index in [0.717, 1.165) is 64.4 Å². The van der Waals surface area contributed by atoms with Crippen LogP contribution in [0.1, 0.15) is 260 Å². The molecule has 0 aromatic heterocycles. The van der Waals surface area contributed by atoms with E-state index in [0.29, 0.717) is 25.6 Å². The van der Waals surface area contributed by atoms with Crippen molar-refractivity contribution >= 4 is 18.3 Å². The normalized spacial score (nSPS) is 12.8. The first-order valence-corrected chi connectivity index (χ1v) is 26.5. The van der Waals surface area contributed by atoms with Gasteiger partial charge in [-0.1, -0.05) is 214 Å². The molecule has 0 radical (unpaired) electrons. The van der Waals surface area contributed by atoms with E-state index in [1.807, 2.05) is 0 Å². The van der Waals surface area contributed by atoms with Crippen LogP contribution in [0.3, 0.4) is 0 Å². The first-order chi connectivity index (χ1) is 30.2. The highest BCUT2D eigenvalue weighted by molar-refractivity contribution is 5.69. The zero-order chi connectivity index (χ0) is 45.6. The quantitative estimate of drug-likeness (QED) is 0.0411. The fourth-order valence-electron chi connectivity index (χ4n) is 7.67. The Kier molecular flexibility index (Phi) is 43.7. The number of hydrogen-bond acceptors (Lipinski definition) is 7. The number of ether oxygens (including phenoxy) is 4. The lowest BCUT2D eigenvalue weighted by atomic mass is 9.96. The molecular formula is C52H103N3O7. The Morgan fingerprint density at radius 2 is 0.774 bits per heavy atom. The van der Waals surface area contributed by atoms with Crippen molar-refractivity contribution < 1.29 is 33.3 Å². The zero-order valence-electron chi connectivity index (χ0n) is 41.8. The van der Waals surface area contributed by atoms with Gasteiger partial charge in [-0.3, -0.25) is 0 Å². The number of alkyl carbamates (subject to hydrolysis) is 3. The number of rotatable bonds is 46. The second-order valence-electron chi connectivity index (χ2n) is 18.8. The van der Waals surface area contributed by atoms with E-state index in [9.17, 15) is 14.4 Å². The third-order valence-electron chi connectivity index (χ3n) is 12.2. The van der Waals surface area contributed by atoms with Crippen molar-refractivity contribution in [3.63, 3.8) is 0 Å². The standard InChI is InChI=1S/C52H103N3O7/c1-7-10-12-14-16-18-20-22-24-25-27-29-31-33-35-37-42-55-51(58)62-48(46-60-50(57)54-43-38-40-52(6,9-3)61-44-39-47(4)5)45-59-49(56)53-41-36-34-32-30-28-26-23-21-19-17-15-13-11-8-2/h47-48H,7-46H2,1-6H3,(H,53,56)(H,54,57)(H,55,58). The molecule has 0 heterocycles. The largest absolute Gasteiger partial charge is 0.445 e. The van der Waals surface area contributed by atoms with E-state index in [4.69, 9.17) is 18.9 Å². The van der Waals surface area contributed by atoms with Crippen molar-refractivity contribution in [2.24, 2.45) is 5.92 Å². The van der Waals surface area contributed by atoms with Crippen LogP contribution in [0.5, 0.6) is 0 Å². The first kappa shape index (κ1) is 59.8. The summed E-state index contributed by atoms with van der Waals surface area (Å²) in [5.41, 5.74) is -0.233. The molecule has 3 N–H and O–H groups in total. The van der Waals surface area contributed by atoms with E-state index in [1.54, 1.807) is 0 Å². The van der Waals surface area contributed by atoms with Crippen LogP contribution >= 0.6 is 0 Å². The van der Waals surface area contributed by atoms with E-state index < -0.39 is 24.4 Å². The lowest BCUT2D eigenvalue weighted by Crippen LogP contribution is -2.38. The van der Waals surface area contributed by atoms with Gasteiger partial charge in [0.1, 0.15) is 13.2 Å². The number of amides is 3. The van der Waals surface area contributed by atoms with Gasteiger partial charge in [0.15, 0.2) is 6.10 Å². The van der Waals surface area contributed by atoms with Crippen LogP contribution in [-0.2, 0) is 18.9 Å². The maximum Gasteiger partial charge on any atom is 0.407 e. The van der Waals surface area contributed by atoms with Crippen LogP contribution in [0.15, 0.2) is 0 Å². The van der Waals surface area contributed by atoms with Crippen molar-refractivity contribution in [1.82, 2.24) is 16.0 Å². The fourth-order valence-corrected chi connectivity index (χ4v) is 7.67. The summed E-state index contributed by atoms with van der Waals surface area (Å²) < 4.78 is 22.6. The summed E-state index contributed by atoms with van der Waals surface area (Å²) in [5.74, 6) is 0.591. The summed E-state index contributed by atoms with van der Waals surface area (Å²) in [6.07, 6.45) is 39.3. The van der Waals surface area contributed by atoms with E-state index in [-0.39, 0.29) is 18.8 Å². The summed E-state index contributed by atoms with van der Waals surface area (Å²) in [6.45, 7) is 14.9. The Morgan fingerprint density at radius 1 is 0.452 bits per heavy atom. The molecule has 2 unspecified atom stereocenters. The lowest BCUT2D eigenvalue weighted by Gasteiger charge is -2.29. The Labute approximate surface area is 383 Å². The van der Waals surface area contributed by atoms with E-state index in [1.165, 1.54) is 161 Å². The number of carbonyl (C=O) groups is 3. The molecule has 0 aliphatic carbocycles. The average molecular weight is 882 g/mol. The van der Waals surface area contributed by atoms with Crippen molar-refractivity contribution in [1.29, 1.82) is 0 Å². The minimum Gasteiger partial charge on any atom is -0.445 e. The van der Waals surface area contributed by atoms with Gasteiger partial charge in [0.05, 0.1) is 5.60 Å². The number of carbonyl (C=O) groups excluding carboxylic acids is 3. The van der Waals surface area contributed by atoms with Crippen LogP contribution in [0, 0.1) is 5.92 Å². The SMILES string of the molecule is CCCCCCCCCCCCCCCCCCNC(=O)OC(COC(=O)NCCCCCCCCCCCCCCCC)COC(=O)NCCCC(C)(CC)OCCC(C)C. The smallest absolute Gasteiger partial charge is 0.407 e. The van der Waals surface area contributed by atoms with Gasteiger partial charge in [0.2, 0.25) is 0 Å². The predicted octanol–water partition coefficient (Wildman–Crippen LogP) is 15.3. The van der Waals surface area contributed by atoms with Crippen LogP contribution in [-0.4, -0.2) is 69.4 Å². The van der Waals surface area contributed by atoms with E-state index >= 15 is 0 Å². The maximum absolute atomic E-state index is 12.7. The highest BCUT2D eigenvalue weighted by atomic mass is 16.6. The minimum absolute atomic E-state index is 0.215. The Balaban J connectivity index is 4.45. The zero-order valence-corrected chi connectivity index (χ0v) is 41.8. The van der Waals surface area contributed by atoms with Crippen molar-refractivity contribution in [2.75, 3.05) is 39.5 Å². The highest BCUT2D eigenvalue weighted by Gasteiger charge is 2.23.